The Morgan fingerprint density at radius 1 is 0.958 bits per heavy atom. The van der Waals surface area contributed by atoms with Gasteiger partial charge in [-0.2, -0.15) is 0 Å². The lowest BCUT2D eigenvalue weighted by Gasteiger charge is -2.31. The van der Waals surface area contributed by atoms with Crippen molar-refractivity contribution in [2.75, 3.05) is 50.1 Å². The molecule has 16 nitrogen and oxygen atoms in total. The maximum atomic E-state index is 16.6. The number of aryl methyl sites for hydroxylation is 1. The van der Waals surface area contributed by atoms with Crippen LogP contribution in [-0.2, 0) is 39.1 Å². The molecule has 4 atom stereocenters. The molecular weight excluding hydrogens is 908 g/mol. The minimum Gasteiger partial charge on any atom is -0.457 e. The number of rotatable bonds is 14. The number of benzene rings is 3. The number of nitrogens with one attached hydrogen (secondary N) is 1. The van der Waals surface area contributed by atoms with E-state index in [9.17, 15) is 24.0 Å². The quantitative estimate of drug-likeness (QED) is 0.0487. The highest BCUT2D eigenvalue weighted by Crippen LogP contribution is 2.55. The van der Waals surface area contributed by atoms with Crippen LogP contribution in [0.15, 0.2) is 96.2 Å². The molecule has 3 aliphatic rings. The molecule has 1 unspecified atom stereocenters. The number of likely N-dealkylation sites (N-methyl/N-ethyl adjacent to an activating group) is 1. The number of hydrogen-bond acceptors (Lipinski definition) is 13. The molecule has 1 aliphatic carbocycles. The van der Waals surface area contributed by atoms with Crippen molar-refractivity contribution < 1.29 is 37.8 Å². The van der Waals surface area contributed by atoms with E-state index in [4.69, 9.17) is 30.8 Å². The maximum Gasteiger partial charge on any atom is 0.417 e. The minimum absolute atomic E-state index is 0.0177. The molecule has 2 fully saturated rings. The molecule has 364 valence electrons. The maximum absolute atomic E-state index is 16.6. The number of Topliss-reactive ketones (excluding diaryl/α,β-unsaturated/α-hetero) is 1. The second-order valence-electron chi connectivity index (χ2n) is 18.7. The summed E-state index contributed by atoms with van der Waals surface area (Å²) in [7, 11) is 5.17. The molecule has 3 aromatic heterocycles. The van der Waals surface area contributed by atoms with Crippen LogP contribution < -0.4 is 20.5 Å². The van der Waals surface area contributed by atoms with Gasteiger partial charge in [-0.25, -0.2) is 23.8 Å². The van der Waals surface area contributed by atoms with Gasteiger partial charge >= 0.3 is 18.0 Å². The van der Waals surface area contributed by atoms with Crippen molar-refractivity contribution in [2.45, 2.75) is 58.6 Å². The van der Waals surface area contributed by atoms with Gasteiger partial charge in [0.05, 0.1) is 35.6 Å². The fourth-order valence-electron chi connectivity index (χ4n) is 10.1. The fraction of sp³-hybridized carbons (Fsp3) is 0.333. The molecule has 2 saturated heterocycles. The van der Waals surface area contributed by atoms with E-state index in [2.05, 4.69) is 27.0 Å². The van der Waals surface area contributed by atoms with Crippen molar-refractivity contribution in [2.24, 2.45) is 18.9 Å². The molecule has 9 rings (SSSR count). The molecule has 5 heterocycles. The third kappa shape index (κ3) is 9.35. The van der Waals surface area contributed by atoms with Gasteiger partial charge in [0.25, 0.3) is 0 Å². The standard InChI is InChI=1S/C54H53FN8O8/c1-30(2)47(58-25-44(64)33-16-12-9-13-17-33)53(67)70-31(3)71-54(68)62(7)42-22-40(55)48(56-4)45-36(42)21-41-46(45)49(63-19-18-34-26-60(5)28-43(34)63)38(24-57-41)35-20-37-50(65)39(27-61(6)51(37)59-23-35)52(66)69-29-32-14-10-8-11-15-32/h8-17,20,22-24,27,30-31,34,43,47,58H,18-19,21,25-26,28-29H2,1-3,5-7H3/t31?,34-,43+,47-/m0/s1. The number of pyridine rings is 3. The van der Waals surface area contributed by atoms with E-state index in [1.54, 1.807) is 74.3 Å². The van der Waals surface area contributed by atoms with Gasteiger partial charge < -0.3 is 28.6 Å². The first-order valence-electron chi connectivity index (χ1n) is 23.5. The van der Waals surface area contributed by atoms with Gasteiger partial charge in [0.1, 0.15) is 29.7 Å². The summed E-state index contributed by atoms with van der Waals surface area (Å²) in [5.74, 6) is -2.55. The van der Waals surface area contributed by atoms with Crippen LogP contribution in [0, 0.1) is 24.2 Å². The normalized spacial score (nSPS) is 16.7. The molecule has 0 radical (unpaired) electrons. The fourth-order valence-corrected chi connectivity index (χ4v) is 10.1. The number of ketones is 1. The summed E-state index contributed by atoms with van der Waals surface area (Å²) in [6, 6.07) is 19.8. The Kier molecular flexibility index (Phi) is 13.5. The number of halogens is 1. The van der Waals surface area contributed by atoms with Crippen molar-refractivity contribution >= 4 is 51.9 Å². The van der Waals surface area contributed by atoms with E-state index in [1.165, 1.54) is 20.2 Å². The molecule has 1 N–H and O–H groups in total. The summed E-state index contributed by atoms with van der Waals surface area (Å²) in [6.07, 6.45) is 3.44. The SMILES string of the molecule is [C-]#[N+]c1c(F)cc(N(C)C(=O)OC(C)OC(=O)[C@@H](NCC(=O)c2ccccc2)C(C)C)c2c1-c1c(ncc(-c3cnc4c(c3)c(=O)c(C(=O)OCc3ccccc3)cn4C)c1N1CC[C@H]3CN(C)C[C@H]31)C2. The van der Waals surface area contributed by atoms with Gasteiger partial charge in [0.2, 0.25) is 17.4 Å². The number of carbonyl (C=O) groups is 4. The Bertz CT molecular complexity index is 3190. The molecule has 0 saturated carbocycles. The number of ether oxygens (including phenoxy) is 3. The highest BCUT2D eigenvalue weighted by atomic mass is 19.1. The summed E-state index contributed by atoms with van der Waals surface area (Å²) in [4.78, 5) is 86.8. The van der Waals surface area contributed by atoms with E-state index in [0.29, 0.717) is 57.3 Å². The van der Waals surface area contributed by atoms with Crippen LogP contribution in [0.5, 0.6) is 0 Å². The van der Waals surface area contributed by atoms with Crippen LogP contribution in [0.25, 0.3) is 38.1 Å². The van der Waals surface area contributed by atoms with Gasteiger partial charge in [-0.05, 0) is 48.6 Å². The van der Waals surface area contributed by atoms with Crippen molar-refractivity contribution in [3.05, 3.63) is 147 Å². The van der Waals surface area contributed by atoms with E-state index >= 15 is 4.39 Å². The number of aromatic nitrogens is 3. The van der Waals surface area contributed by atoms with Gasteiger partial charge in [0, 0.05) is 99.5 Å². The molecule has 0 bridgehead atoms. The minimum atomic E-state index is -1.38. The summed E-state index contributed by atoms with van der Waals surface area (Å²) in [6.45, 7) is 15.4. The Morgan fingerprint density at radius 3 is 2.41 bits per heavy atom. The van der Waals surface area contributed by atoms with E-state index < -0.39 is 41.6 Å². The Hall–Kier alpha value is -7.81. The van der Waals surface area contributed by atoms with Crippen molar-refractivity contribution in [3.8, 4) is 22.3 Å². The van der Waals surface area contributed by atoms with Crippen LogP contribution in [0.4, 0.5) is 26.2 Å². The molecule has 6 aromatic rings. The van der Waals surface area contributed by atoms with Gasteiger partial charge in [0.15, 0.2) is 5.78 Å². The first-order chi connectivity index (χ1) is 34.1. The lowest BCUT2D eigenvalue weighted by molar-refractivity contribution is -0.168. The Labute approximate surface area is 409 Å². The third-order valence-corrected chi connectivity index (χ3v) is 13.6. The predicted octanol–water partition coefficient (Wildman–Crippen LogP) is 7.71. The first-order valence-corrected chi connectivity index (χ1v) is 23.5. The van der Waals surface area contributed by atoms with Gasteiger partial charge in [-0.3, -0.25) is 29.6 Å². The zero-order valence-corrected chi connectivity index (χ0v) is 40.3. The highest BCUT2D eigenvalue weighted by molar-refractivity contribution is 6.04. The number of anilines is 2. The molecule has 3 aromatic carbocycles. The van der Waals surface area contributed by atoms with E-state index in [1.807, 2.05) is 30.3 Å². The summed E-state index contributed by atoms with van der Waals surface area (Å²) in [5.41, 5.74) is 4.41. The molecule has 1 amide bonds. The number of amides is 1. The van der Waals surface area contributed by atoms with E-state index in [0.717, 1.165) is 36.0 Å². The van der Waals surface area contributed by atoms with Crippen LogP contribution in [-0.4, -0.2) is 102 Å². The van der Waals surface area contributed by atoms with Crippen LogP contribution >= 0.6 is 0 Å². The number of likely N-dealkylation sites (tertiary alicyclic amines) is 1. The molecular formula is C54H53FN8O8. The van der Waals surface area contributed by atoms with Crippen molar-refractivity contribution in [1.29, 1.82) is 0 Å². The number of fused-ring (bicyclic) bond motifs is 5. The summed E-state index contributed by atoms with van der Waals surface area (Å²) >= 11 is 0. The second-order valence-corrected chi connectivity index (χ2v) is 18.7. The van der Waals surface area contributed by atoms with Gasteiger partial charge in [-0.1, -0.05) is 74.5 Å². The van der Waals surface area contributed by atoms with Gasteiger partial charge in [-0.15, -0.1) is 0 Å². The zero-order valence-electron chi connectivity index (χ0n) is 40.3. The van der Waals surface area contributed by atoms with Crippen molar-refractivity contribution in [1.82, 2.24) is 24.8 Å². The van der Waals surface area contributed by atoms with Crippen molar-refractivity contribution in [3.63, 3.8) is 0 Å². The largest absolute Gasteiger partial charge is 0.457 e. The number of carbonyl (C=O) groups excluding carboxylic acids is 4. The monoisotopic (exact) mass is 960 g/mol. The predicted molar refractivity (Wildman–Crippen MR) is 265 cm³/mol. The third-order valence-electron chi connectivity index (χ3n) is 13.6. The zero-order chi connectivity index (χ0) is 50.2. The summed E-state index contributed by atoms with van der Waals surface area (Å²) in [5, 5.41) is 3.15. The number of hydrogen-bond donors (Lipinski definition) is 1. The summed E-state index contributed by atoms with van der Waals surface area (Å²) < 4.78 is 34.9. The highest BCUT2D eigenvalue weighted by Gasteiger charge is 2.44. The molecule has 2 aliphatic heterocycles. The Balaban J connectivity index is 1.05. The molecule has 0 spiro atoms. The van der Waals surface area contributed by atoms with Crippen LogP contribution in [0.3, 0.4) is 0 Å². The lowest BCUT2D eigenvalue weighted by Crippen LogP contribution is -2.45. The topological polar surface area (TPSA) is 170 Å². The number of esters is 2. The smallest absolute Gasteiger partial charge is 0.417 e. The average Bonchev–Trinajstić information content (AvgIpc) is 4.06. The molecule has 71 heavy (non-hydrogen) atoms. The number of nitrogens with zero attached hydrogens (tertiary/aromatic N) is 7. The van der Waals surface area contributed by atoms with E-state index in [-0.39, 0.29) is 65.2 Å². The van der Waals surface area contributed by atoms with Crippen LogP contribution in [0.1, 0.15) is 64.7 Å². The average molecular weight is 961 g/mol. The first kappa shape index (κ1) is 48.2. The van der Waals surface area contributed by atoms with Crippen LogP contribution in [0.2, 0.25) is 0 Å². The second kappa shape index (κ2) is 19.9. The Morgan fingerprint density at radius 2 is 1.69 bits per heavy atom. The molecule has 17 heteroatoms. The lowest BCUT2D eigenvalue weighted by atomic mass is 9.95.